The van der Waals surface area contributed by atoms with Crippen molar-refractivity contribution in [3.8, 4) is 5.88 Å². The fourth-order valence-corrected chi connectivity index (χ4v) is 3.89. The van der Waals surface area contributed by atoms with Gasteiger partial charge in [-0.15, -0.1) is 0 Å². The first-order valence-corrected chi connectivity index (χ1v) is 12.5. The minimum Gasteiger partial charge on any atom is -0.478 e. The summed E-state index contributed by atoms with van der Waals surface area (Å²) in [6.45, 7) is 13.6. The number of rotatable bonds is 13. The molecule has 0 atom stereocenters. The van der Waals surface area contributed by atoms with Gasteiger partial charge in [0.2, 0.25) is 11.8 Å². The number of pyridine rings is 1. The van der Waals surface area contributed by atoms with Crippen molar-refractivity contribution in [3.05, 3.63) is 65.5 Å². The van der Waals surface area contributed by atoms with Crippen molar-refractivity contribution >= 4 is 28.5 Å². The van der Waals surface area contributed by atoms with Gasteiger partial charge in [-0.05, 0) is 43.2 Å². The van der Waals surface area contributed by atoms with Gasteiger partial charge in [-0.25, -0.2) is 4.98 Å². The summed E-state index contributed by atoms with van der Waals surface area (Å²) >= 11 is 1.32. The summed E-state index contributed by atoms with van der Waals surface area (Å²) < 4.78 is 11.1. The van der Waals surface area contributed by atoms with E-state index in [0.717, 1.165) is 36.2 Å². The van der Waals surface area contributed by atoms with Crippen molar-refractivity contribution in [2.45, 2.75) is 45.6 Å². The quantitative estimate of drug-likeness (QED) is 0.240. The molecule has 9 heteroatoms. The first-order valence-electron chi connectivity index (χ1n) is 11.7. The Morgan fingerprint density at radius 2 is 2.09 bits per heavy atom. The Morgan fingerprint density at radius 3 is 2.74 bits per heavy atom. The first kappa shape index (κ1) is 28.2. The number of amides is 2. The number of hydrogen-bond donors (Lipinski definition) is 2. The predicted molar refractivity (Wildman–Crippen MR) is 141 cm³/mol. The van der Waals surface area contributed by atoms with Crippen molar-refractivity contribution in [2.75, 3.05) is 26.9 Å². The van der Waals surface area contributed by atoms with E-state index in [2.05, 4.69) is 30.4 Å². The molecule has 2 amide bonds. The van der Waals surface area contributed by atoms with Crippen LogP contribution in [0.3, 0.4) is 0 Å². The van der Waals surface area contributed by atoms with E-state index in [1.165, 1.54) is 11.8 Å². The molecule has 1 aliphatic rings. The smallest absolute Gasteiger partial charge is 0.251 e. The van der Waals surface area contributed by atoms with Gasteiger partial charge in [-0.2, -0.15) is 0 Å². The summed E-state index contributed by atoms with van der Waals surface area (Å²) in [4.78, 5) is 31.6. The number of nitrogens with one attached hydrogen (secondary N) is 1. The van der Waals surface area contributed by atoms with Gasteiger partial charge in [0.15, 0.2) is 0 Å². The van der Waals surface area contributed by atoms with Crippen LogP contribution in [0.15, 0.2) is 59.9 Å². The van der Waals surface area contributed by atoms with Crippen LogP contribution >= 0.6 is 11.8 Å². The van der Waals surface area contributed by atoms with Crippen molar-refractivity contribution in [3.63, 3.8) is 0 Å². The number of primary amides is 1. The Bertz CT molecular complexity index is 983. The molecule has 190 valence electrons. The molecule has 0 aromatic carbocycles. The number of unbranched alkanes of at least 4 members (excludes halogenated alkanes) is 1. The molecular weight excluding hydrogens is 464 g/mol. The normalized spacial score (nSPS) is 14.8. The summed E-state index contributed by atoms with van der Waals surface area (Å²) in [5.41, 5.74) is 7.06. The SMILES string of the molecule is C=C(C(N)=O)/C(=C\N(C)C1CCOCC1)NC(=O)/C(C)=C/SC(=C)c1ccnc(OCCCC)c1. The minimum absolute atomic E-state index is 0.0366. The highest BCUT2D eigenvalue weighted by Crippen LogP contribution is 2.29. The number of carbonyl (C=O) groups is 2. The topological polar surface area (TPSA) is 107 Å². The summed E-state index contributed by atoms with van der Waals surface area (Å²) in [5, 5.41) is 4.49. The van der Waals surface area contributed by atoms with Crippen molar-refractivity contribution in [2.24, 2.45) is 5.73 Å². The summed E-state index contributed by atoms with van der Waals surface area (Å²) in [6.07, 6.45) is 7.10. The van der Waals surface area contributed by atoms with Gasteiger partial charge in [-0.3, -0.25) is 9.59 Å². The number of carbonyl (C=O) groups excluding carboxylic acids is 2. The van der Waals surface area contributed by atoms with Crippen LogP contribution in [0.1, 0.15) is 45.1 Å². The largest absolute Gasteiger partial charge is 0.478 e. The van der Waals surface area contributed by atoms with Crippen LogP contribution in [-0.4, -0.2) is 54.6 Å². The molecule has 0 aliphatic carbocycles. The molecular formula is C26H36N4O4S. The fourth-order valence-electron chi connectivity index (χ4n) is 3.20. The van der Waals surface area contributed by atoms with Crippen LogP contribution in [0.4, 0.5) is 0 Å². The predicted octanol–water partition coefficient (Wildman–Crippen LogP) is 3.98. The Balaban J connectivity index is 2.05. The van der Waals surface area contributed by atoms with E-state index >= 15 is 0 Å². The number of nitrogens with two attached hydrogens (primary N) is 1. The molecule has 0 radical (unpaired) electrons. The molecule has 1 aromatic heterocycles. The lowest BCUT2D eigenvalue weighted by Crippen LogP contribution is -2.36. The second kappa shape index (κ2) is 14.4. The summed E-state index contributed by atoms with van der Waals surface area (Å²) in [6, 6.07) is 3.91. The van der Waals surface area contributed by atoms with Gasteiger partial charge in [0.1, 0.15) is 0 Å². The monoisotopic (exact) mass is 500 g/mol. The highest BCUT2D eigenvalue weighted by atomic mass is 32.2. The molecule has 2 rings (SSSR count). The molecule has 8 nitrogen and oxygen atoms in total. The minimum atomic E-state index is -0.698. The van der Waals surface area contributed by atoms with Crippen molar-refractivity contribution in [1.29, 1.82) is 0 Å². The molecule has 0 bridgehead atoms. The van der Waals surface area contributed by atoms with E-state index in [9.17, 15) is 9.59 Å². The molecule has 0 spiro atoms. The molecule has 0 saturated carbocycles. The Labute approximate surface area is 212 Å². The number of ether oxygens (including phenoxy) is 2. The number of aromatic nitrogens is 1. The third-order valence-corrected chi connectivity index (χ3v) is 6.50. The fraction of sp³-hybridized carbons (Fsp3) is 0.423. The maximum absolute atomic E-state index is 12.9. The van der Waals surface area contributed by atoms with Crippen LogP contribution in [-0.2, 0) is 14.3 Å². The van der Waals surface area contributed by atoms with Gasteiger partial charge >= 0.3 is 0 Å². The molecule has 1 fully saturated rings. The average molecular weight is 501 g/mol. The van der Waals surface area contributed by atoms with Crippen molar-refractivity contribution < 1.29 is 19.1 Å². The third kappa shape index (κ3) is 9.26. The molecule has 1 aromatic rings. The number of thioether (sulfide) groups is 1. The summed E-state index contributed by atoms with van der Waals surface area (Å²) in [7, 11) is 1.90. The van der Waals surface area contributed by atoms with Gasteiger partial charge in [0, 0.05) is 55.2 Å². The number of nitrogens with zero attached hydrogens (tertiary/aromatic N) is 2. The van der Waals surface area contributed by atoms with E-state index in [4.69, 9.17) is 15.2 Å². The van der Waals surface area contributed by atoms with Crippen LogP contribution in [0.2, 0.25) is 0 Å². The van der Waals surface area contributed by atoms with E-state index in [1.807, 2.05) is 24.1 Å². The molecule has 35 heavy (non-hydrogen) atoms. The highest BCUT2D eigenvalue weighted by Gasteiger charge is 2.19. The van der Waals surface area contributed by atoms with Crippen LogP contribution in [0.5, 0.6) is 5.88 Å². The zero-order valence-electron chi connectivity index (χ0n) is 20.8. The lowest BCUT2D eigenvalue weighted by Gasteiger charge is -2.31. The van der Waals surface area contributed by atoms with E-state index in [-0.39, 0.29) is 23.2 Å². The van der Waals surface area contributed by atoms with Crippen molar-refractivity contribution in [1.82, 2.24) is 15.2 Å². The number of hydrogen-bond acceptors (Lipinski definition) is 7. The van der Waals surface area contributed by atoms with E-state index in [0.29, 0.717) is 31.3 Å². The van der Waals surface area contributed by atoms with Crippen LogP contribution < -0.4 is 15.8 Å². The van der Waals surface area contributed by atoms with Gasteiger partial charge in [-0.1, -0.05) is 38.3 Å². The van der Waals surface area contributed by atoms with Gasteiger partial charge < -0.3 is 25.4 Å². The zero-order valence-corrected chi connectivity index (χ0v) is 21.7. The molecule has 2 heterocycles. The lowest BCUT2D eigenvalue weighted by molar-refractivity contribution is -0.116. The maximum Gasteiger partial charge on any atom is 0.251 e. The zero-order chi connectivity index (χ0) is 25.8. The summed E-state index contributed by atoms with van der Waals surface area (Å²) in [5.74, 6) is -0.516. The highest BCUT2D eigenvalue weighted by molar-refractivity contribution is 8.10. The lowest BCUT2D eigenvalue weighted by atomic mass is 10.1. The Hall–Kier alpha value is -3.04. The third-order valence-electron chi connectivity index (χ3n) is 5.51. The molecule has 0 unspecified atom stereocenters. The second-order valence-electron chi connectivity index (χ2n) is 8.28. The van der Waals surface area contributed by atoms with E-state index in [1.54, 1.807) is 24.7 Å². The Kier molecular flexibility index (Phi) is 11.6. The van der Waals surface area contributed by atoms with Crippen LogP contribution in [0.25, 0.3) is 4.91 Å². The standard InChI is InChI=1S/C26H36N4O4S/c1-6-7-12-34-24-15-21(8-11-28-24)20(4)35-17-18(2)26(32)29-23(19(3)25(27)31)16-30(5)22-9-13-33-14-10-22/h8,11,15-17,22H,3-4,6-7,9-10,12-14H2,1-2,5H3,(H2,27,31)(H,29,32)/b18-17+,23-16+. The maximum atomic E-state index is 12.9. The van der Waals surface area contributed by atoms with E-state index < -0.39 is 5.91 Å². The molecule has 1 aliphatic heterocycles. The first-order chi connectivity index (χ1) is 16.7. The van der Waals surface area contributed by atoms with Crippen LogP contribution in [0, 0.1) is 0 Å². The molecule has 3 N–H and O–H groups in total. The Morgan fingerprint density at radius 1 is 1.37 bits per heavy atom. The van der Waals surface area contributed by atoms with Gasteiger partial charge in [0.25, 0.3) is 5.91 Å². The molecule has 1 saturated heterocycles. The average Bonchev–Trinajstić information content (AvgIpc) is 2.86. The van der Waals surface area contributed by atoms with Gasteiger partial charge in [0.05, 0.1) is 17.9 Å². The second-order valence-corrected chi connectivity index (χ2v) is 9.24.